The zero-order chi connectivity index (χ0) is 14.9. The Morgan fingerprint density at radius 2 is 1.82 bits per heavy atom. The van der Waals surface area contributed by atoms with Crippen LogP contribution in [0.25, 0.3) is 16.8 Å². The second-order valence-electron chi connectivity index (χ2n) is 5.32. The normalized spacial score (nSPS) is 15.4. The standard InChI is InChI=1S/C16H17N5O/c17-13-3-1-12(2-4-13)14-11-19-21-15(5-6-18-16(14)21)20-7-9-22-10-8-20/h1-6,11H,7-10,17H2. The van der Waals surface area contributed by atoms with E-state index < -0.39 is 0 Å². The molecule has 1 aliphatic rings. The van der Waals surface area contributed by atoms with Crippen molar-refractivity contribution in [1.29, 1.82) is 0 Å². The van der Waals surface area contributed by atoms with Crippen LogP contribution in [-0.4, -0.2) is 40.9 Å². The van der Waals surface area contributed by atoms with Crippen LogP contribution in [0.4, 0.5) is 11.5 Å². The number of morpholine rings is 1. The van der Waals surface area contributed by atoms with Crippen molar-refractivity contribution in [3.05, 3.63) is 42.7 Å². The minimum Gasteiger partial charge on any atom is -0.399 e. The van der Waals surface area contributed by atoms with Crippen LogP contribution in [0.2, 0.25) is 0 Å². The molecule has 2 N–H and O–H groups in total. The van der Waals surface area contributed by atoms with Gasteiger partial charge in [-0.05, 0) is 23.8 Å². The molecule has 0 atom stereocenters. The molecule has 3 heterocycles. The largest absolute Gasteiger partial charge is 0.399 e. The number of aromatic nitrogens is 3. The first kappa shape index (κ1) is 13.1. The second kappa shape index (κ2) is 5.31. The van der Waals surface area contributed by atoms with Crippen LogP contribution < -0.4 is 10.6 Å². The molecule has 3 aromatic rings. The number of rotatable bonds is 2. The predicted octanol–water partition coefficient (Wildman–Crippen LogP) is 1.82. The van der Waals surface area contributed by atoms with Gasteiger partial charge in [-0.25, -0.2) is 4.98 Å². The summed E-state index contributed by atoms with van der Waals surface area (Å²) in [5.41, 5.74) is 9.44. The van der Waals surface area contributed by atoms with Gasteiger partial charge in [-0.15, -0.1) is 0 Å². The fourth-order valence-corrected chi connectivity index (χ4v) is 2.78. The quantitative estimate of drug-likeness (QED) is 0.730. The van der Waals surface area contributed by atoms with Gasteiger partial charge in [0.2, 0.25) is 0 Å². The average molecular weight is 295 g/mol. The van der Waals surface area contributed by atoms with Gasteiger partial charge in [-0.1, -0.05) is 12.1 Å². The van der Waals surface area contributed by atoms with E-state index in [-0.39, 0.29) is 0 Å². The molecule has 0 saturated carbocycles. The molecule has 4 rings (SSSR count). The van der Waals surface area contributed by atoms with Crippen molar-refractivity contribution in [3.8, 4) is 11.1 Å². The molecule has 0 amide bonds. The van der Waals surface area contributed by atoms with Gasteiger partial charge in [-0.3, -0.25) is 0 Å². The number of ether oxygens (including phenoxy) is 1. The van der Waals surface area contributed by atoms with E-state index in [0.29, 0.717) is 0 Å². The summed E-state index contributed by atoms with van der Waals surface area (Å²) in [7, 11) is 0. The number of nitrogen functional groups attached to an aromatic ring is 1. The average Bonchev–Trinajstić information content (AvgIpc) is 3.00. The van der Waals surface area contributed by atoms with E-state index in [1.54, 1.807) is 0 Å². The summed E-state index contributed by atoms with van der Waals surface area (Å²) >= 11 is 0. The van der Waals surface area contributed by atoms with E-state index >= 15 is 0 Å². The van der Waals surface area contributed by atoms with E-state index in [0.717, 1.165) is 54.6 Å². The van der Waals surface area contributed by atoms with Crippen molar-refractivity contribution in [2.45, 2.75) is 0 Å². The molecule has 0 unspecified atom stereocenters. The smallest absolute Gasteiger partial charge is 0.165 e. The number of benzene rings is 1. The summed E-state index contributed by atoms with van der Waals surface area (Å²) in [5, 5.41) is 4.53. The lowest BCUT2D eigenvalue weighted by molar-refractivity contribution is 0.122. The lowest BCUT2D eigenvalue weighted by Crippen LogP contribution is -2.37. The molecule has 1 aliphatic heterocycles. The number of hydrogen-bond donors (Lipinski definition) is 1. The number of anilines is 2. The van der Waals surface area contributed by atoms with E-state index in [9.17, 15) is 0 Å². The summed E-state index contributed by atoms with van der Waals surface area (Å²) in [6, 6.07) is 9.78. The fraction of sp³-hybridized carbons (Fsp3) is 0.250. The molecule has 0 radical (unpaired) electrons. The van der Waals surface area contributed by atoms with Gasteiger partial charge in [0.15, 0.2) is 5.65 Å². The highest BCUT2D eigenvalue weighted by molar-refractivity contribution is 5.78. The molecule has 1 aromatic carbocycles. The zero-order valence-electron chi connectivity index (χ0n) is 12.1. The van der Waals surface area contributed by atoms with E-state index in [4.69, 9.17) is 10.5 Å². The molecule has 0 spiro atoms. The van der Waals surface area contributed by atoms with E-state index in [1.165, 1.54) is 0 Å². The SMILES string of the molecule is Nc1ccc(-c2cnn3c(N4CCOCC4)ccnc23)cc1. The van der Waals surface area contributed by atoms with Gasteiger partial charge < -0.3 is 15.4 Å². The van der Waals surface area contributed by atoms with Gasteiger partial charge in [0.25, 0.3) is 0 Å². The van der Waals surface area contributed by atoms with Gasteiger partial charge in [0.1, 0.15) is 5.82 Å². The van der Waals surface area contributed by atoms with Crippen molar-refractivity contribution in [2.24, 2.45) is 0 Å². The van der Waals surface area contributed by atoms with Crippen molar-refractivity contribution < 1.29 is 4.74 Å². The van der Waals surface area contributed by atoms with Crippen molar-refractivity contribution in [1.82, 2.24) is 14.6 Å². The highest BCUT2D eigenvalue weighted by Crippen LogP contribution is 2.26. The highest BCUT2D eigenvalue weighted by Gasteiger charge is 2.17. The zero-order valence-corrected chi connectivity index (χ0v) is 12.1. The summed E-state index contributed by atoms with van der Waals surface area (Å²) in [4.78, 5) is 6.78. The Bertz CT molecular complexity index is 790. The van der Waals surface area contributed by atoms with Crippen LogP contribution in [0.3, 0.4) is 0 Å². The van der Waals surface area contributed by atoms with Gasteiger partial charge in [0, 0.05) is 30.5 Å². The van der Waals surface area contributed by atoms with Crippen molar-refractivity contribution >= 4 is 17.2 Å². The van der Waals surface area contributed by atoms with Gasteiger partial charge >= 0.3 is 0 Å². The minimum atomic E-state index is 0.746. The Hall–Kier alpha value is -2.60. The van der Waals surface area contributed by atoms with Crippen LogP contribution in [-0.2, 0) is 4.74 Å². The first-order chi connectivity index (χ1) is 10.8. The number of nitrogens with zero attached hydrogens (tertiary/aromatic N) is 4. The van der Waals surface area contributed by atoms with Gasteiger partial charge in [0.05, 0.1) is 19.4 Å². The Kier molecular flexibility index (Phi) is 3.16. The number of nitrogens with two attached hydrogens (primary N) is 1. The maximum absolute atomic E-state index is 5.76. The molecule has 6 heteroatoms. The molecular formula is C16H17N5O. The third-order valence-electron chi connectivity index (χ3n) is 3.94. The predicted molar refractivity (Wildman–Crippen MR) is 85.9 cm³/mol. The molecule has 2 aromatic heterocycles. The molecule has 112 valence electrons. The highest BCUT2D eigenvalue weighted by atomic mass is 16.5. The molecule has 22 heavy (non-hydrogen) atoms. The Morgan fingerprint density at radius 1 is 1.05 bits per heavy atom. The van der Waals surface area contributed by atoms with E-state index in [1.807, 2.05) is 47.2 Å². The molecule has 1 fully saturated rings. The first-order valence-corrected chi connectivity index (χ1v) is 7.34. The Balaban J connectivity index is 1.80. The van der Waals surface area contributed by atoms with Gasteiger partial charge in [-0.2, -0.15) is 9.61 Å². The lowest BCUT2D eigenvalue weighted by Gasteiger charge is -2.28. The monoisotopic (exact) mass is 295 g/mol. The number of fused-ring (bicyclic) bond motifs is 1. The maximum Gasteiger partial charge on any atom is 0.165 e. The van der Waals surface area contributed by atoms with Crippen LogP contribution in [0.1, 0.15) is 0 Å². The minimum absolute atomic E-state index is 0.746. The third kappa shape index (κ3) is 2.17. The van der Waals surface area contributed by atoms with Crippen LogP contribution >= 0.6 is 0 Å². The second-order valence-corrected chi connectivity index (χ2v) is 5.32. The fourth-order valence-electron chi connectivity index (χ4n) is 2.78. The van der Waals surface area contributed by atoms with Crippen LogP contribution in [0.15, 0.2) is 42.7 Å². The Morgan fingerprint density at radius 3 is 2.59 bits per heavy atom. The summed E-state index contributed by atoms with van der Waals surface area (Å²) < 4.78 is 7.32. The molecule has 1 saturated heterocycles. The maximum atomic E-state index is 5.76. The van der Waals surface area contributed by atoms with Crippen molar-refractivity contribution in [3.63, 3.8) is 0 Å². The van der Waals surface area contributed by atoms with Crippen LogP contribution in [0.5, 0.6) is 0 Å². The van der Waals surface area contributed by atoms with Crippen LogP contribution in [0, 0.1) is 0 Å². The summed E-state index contributed by atoms with van der Waals surface area (Å²) in [6.07, 6.45) is 3.69. The first-order valence-electron chi connectivity index (χ1n) is 7.34. The van der Waals surface area contributed by atoms with Crippen molar-refractivity contribution in [2.75, 3.05) is 36.9 Å². The topological polar surface area (TPSA) is 68.7 Å². The Labute approximate surface area is 128 Å². The third-order valence-corrected chi connectivity index (χ3v) is 3.94. The number of hydrogen-bond acceptors (Lipinski definition) is 5. The molecule has 6 nitrogen and oxygen atoms in total. The lowest BCUT2D eigenvalue weighted by atomic mass is 10.1. The van der Waals surface area contributed by atoms with E-state index in [2.05, 4.69) is 15.0 Å². The molecule has 0 aliphatic carbocycles. The summed E-state index contributed by atoms with van der Waals surface area (Å²) in [6.45, 7) is 3.23. The molecular weight excluding hydrogens is 278 g/mol. The summed E-state index contributed by atoms with van der Waals surface area (Å²) in [5.74, 6) is 1.05. The molecule has 0 bridgehead atoms.